The molecule has 2 bridgehead atoms. The Morgan fingerprint density at radius 3 is 2.91 bits per heavy atom. The summed E-state index contributed by atoms with van der Waals surface area (Å²) in [6.07, 6.45) is 5.53. The number of carbonyl (C=O) groups excluding carboxylic acids is 2. The lowest BCUT2D eigenvalue weighted by atomic mass is 10.1. The molecule has 4 heterocycles. The van der Waals surface area contributed by atoms with Crippen molar-refractivity contribution >= 4 is 23.2 Å². The second kappa shape index (κ2) is 10.1. The normalized spacial score (nSPS) is 26.5. The van der Waals surface area contributed by atoms with Crippen molar-refractivity contribution in [1.29, 1.82) is 0 Å². The highest BCUT2D eigenvalue weighted by Gasteiger charge is 2.37. The molecule has 5 rings (SSSR count). The standard InChI is InChI=1S/C25H29N3O4S/c29-24-22-17-27(16-20-7-4-14-33-20)11-12-28(22)25(30)21-8-1-2-9-23(21)31-13-10-18-5-3-6-19(32-18)15-26-24/h1-4,6-9,14,18-19,22H,5,10-13,15-17H2,(H,26,29)/t18-,19-,22-/m0/s1. The van der Waals surface area contributed by atoms with Gasteiger partial charge in [-0.3, -0.25) is 14.5 Å². The van der Waals surface area contributed by atoms with Gasteiger partial charge in [-0.2, -0.15) is 0 Å². The second-order valence-corrected chi connectivity index (χ2v) is 9.70. The van der Waals surface area contributed by atoms with Gasteiger partial charge >= 0.3 is 0 Å². The van der Waals surface area contributed by atoms with Crippen LogP contribution in [-0.4, -0.2) is 72.6 Å². The van der Waals surface area contributed by atoms with Gasteiger partial charge in [0.15, 0.2) is 0 Å². The van der Waals surface area contributed by atoms with Gasteiger partial charge in [0.05, 0.1) is 24.4 Å². The Morgan fingerprint density at radius 1 is 1.12 bits per heavy atom. The number of nitrogens with zero attached hydrogens (tertiary/aromatic N) is 2. The lowest BCUT2D eigenvalue weighted by molar-refractivity contribution is -0.128. The molecule has 7 nitrogen and oxygen atoms in total. The molecule has 0 saturated carbocycles. The summed E-state index contributed by atoms with van der Waals surface area (Å²) < 4.78 is 12.2. The third-order valence-electron chi connectivity index (χ3n) is 6.40. The zero-order valence-electron chi connectivity index (χ0n) is 18.5. The molecule has 1 N–H and O–H groups in total. The van der Waals surface area contributed by atoms with Gasteiger partial charge in [-0.25, -0.2) is 0 Å². The molecule has 1 saturated heterocycles. The molecular weight excluding hydrogens is 438 g/mol. The van der Waals surface area contributed by atoms with Crippen molar-refractivity contribution in [2.75, 3.05) is 32.8 Å². The molecule has 2 aromatic rings. The zero-order chi connectivity index (χ0) is 22.6. The van der Waals surface area contributed by atoms with Crippen molar-refractivity contribution in [2.45, 2.75) is 37.6 Å². The van der Waals surface area contributed by atoms with E-state index in [2.05, 4.69) is 27.7 Å². The number of fused-ring (bicyclic) bond motifs is 4. The van der Waals surface area contributed by atoms with Crippen LogP contribution in [0, 0.1) is 0 Å². The van der Waals surface area contributed by atoms with Gasteiger partial charge in [-0.15, -0.1) is 11.3 Å². The second-order valence-electron chi connectivity index (χ2n) is 8.67. The number of thiophene rings is 1. The maximum atomic E-state index is 13.6. The number of hydrogen-bond acceptors (Lipinski definition) is 6. The summed E-state index contributed by atoms with van der Waals surface area (Å²) in [5.74, 6) is 0.256. The molecule has 2 amide bonds. The minimum absolute atomic E-state index is 0.0372. The van der Waals surface area contributed by atoms with Crippen LogP contribution >= 0.6 is 11.3 Å². The molecule has 3 atom stereocenters. The van der Waals surface area contributed by atoms with E-state index in [4.69, 9.17) is 9.47 Å². The van der Waals surface area contributed by atoms with Gasteiger partial charge in [0.2, 0.25) is 5.91 Å². The number of benzene rings is 1. The van der Waals surface area contributed by atoms with Gasteiger partial charge < -0.3 is 19.7 Å². The molecule has 0 aliphatic carbocycles. The lowest BCUT2D eigenvalue weighted by Gasteiger charge is -2.41. The summed E-state index contributed by atoms with van der Waals surface area (Å²) in [5, 5.41) is 5.11. The summed E-state index contributed by atoms with van der Waals surface area (Å²) in [5.41, 5.74) is 0.501. The van der Waals surface area contributed by atoms with Gasteiger partial charge in [-0.1, -0.05) is 30.4 Å². The minimum Gasteiger partial charge on any atom is -0.493 e. The molecule has 3 aliphatic rings. The van der Waals surface area contributed by atoms with E-state index in [0.29, 0.717) is 44.1 Å². The van der Waals surface area contributed by atoms with E-state index in [1.807, 2.05) is 30.3 Å². The van der Waals surface area contributed by atoms with Crippen molar-refractivity contribution in [3.63, 3.8) is 0 Å². The van der Waals surface area contributed by atoms with Gasteiger partial charge in [0, 0.05) is 44.0 Å². The third-order valence-corrected chi connectivity index (χ3v) is 7.26. The average Bonchev–Trinajstić information content (AvgIpc) is 3.35. The Hall–Kier alpha value is -2.68. The Balaban J connectivity index is 1.42. The van der Waals surface area contributed by atoms with Gasteiger partial charge in [0.25, 0.3) is 5.91 Å². The van der Waals surface area contributed by atoms with Gasteiger partial charge in [0.1, 0.15) is 11.8 Å². The Morgan fingerprint density at radius 2 is 2.03 bits per heavy atom. The van der Waals surface area contributed by atoms with E-state index in [9.17, 15) is 9.59 Å². The molecular formula is C25H29N3O4S. The van der Waals surface area contributed by atoms with Crippen LogP contribution in [-0.2, 0) is 16.1 Å². The molecule has 1 aromatic heterocycles. The highest BCUT2D eigenvalue weighted by molar-refractivity contribution is 7.09. The number of para-hydroxylation sites is 1. The summed E-state index contributed by atoms with van der Waals surface area (Å²) in [6.45, 7) is 3.33. The molecule has 1 fully saturated rings. The first-order valence-electron chi connectivity index (χ1n) is 11.5. The van der Waals surface area contributed by atoms with Crippen LogP contribution in [0.5, 0.6) is 5.75 Å². The number of ether oxygens (including phenoxy) is 2. The highest BCUT2D eigenvalue weighted by Crippen LogP contribution is 2.25. The fourth-order valence-electron chi connectivity index (χ4n) is 4.65. The number of carbonyl (C=O) groups is 2. The predicted octanol–water partition coefficient (Wildman–Crippen LogP) is 2.69. The molecule has 0 unspecified atom stereocenters. The van der Waals surface area contributed by atoms with E-state index >= 15 is 0 Å². The molecule has 1 aromatic carbocycles. The first-order valence-corrected chi connectivity index (χ1v) is 12.4. The fourth-order valence-corrected chi connectivity index (χ4v) is 5.40. The van der Waals surface area contributed by atoms with E-state index in [1.165, 1.54) is 4.88 Å². The molecule has 33 heavy (non-hydrogen) atoms. The number of nitrogens with one attached hydrogen (secondary N) is 1. The van der Waals surface area contributed by atoms with E-state index in [0.717, 1.165) is 19.4 Å². The monoisotopic (exact) mass is 467 g/mol. The van der Waals surface area contributed by atoms with Crippen LogP contribution in [0.25, 0.3) is 0 Å². The maximum absolute atomic E-state index is 13.6. The Bertz CT molecular complexity index is 1010. The van der Waals surface area contributed by atoms with Gasteiger partial charge in [-0.05, 0) is 30.0 Å². The first kappa shape index (κ1) is 22.1. The van der Waals surface area contributed by atoms with Crippen molar-refractivity contribution in [3.8, 4) is 5.75 Å². The average molecular weight is 468 g/mol. The Labute approximate surface area is 198 Å². The SMILES string of the molecule is O=C1NC[C@@H]2C=CC[C@@H](CCOc3ccccc3C(=O)N3CCN(Cc4cccs4)C[C@@H]13)O2. The van der Waals surface area contributed by atoms with Crippen molar-refractivity contribution in [3.05, 3.63) is 64.4 Å². The minimum atomic E-state index is -0.578. The van der Waals surface area contributed by atoms with Crippen LogP contribution in [0.2, 0.25) is 0 Å². The van der Waals surface area contributed by atoms with Crippen LogP contribution in [0.3, 0.4) is 0 Å². The summed E-state index contributed by atoms with van der Waals surface area (Å²) in [7, 11) is 0. The zero-order valence-corrected chi connectivity index (χ0v) is 19.3. The molecule has 174 valence electrons. The van der Waals surface area contributed by atoms with E-state index in [1.54, 1.807) is 22.3 Å². The summed E-state index contributed by atoms with van der Waals surface area (Å²) >= 11 is 1.71. The van der Waals surface area contributed by atoms with Crippen molar-refractivity contribution < 1.29 is 19.1 Å². The topological polar surface area (TPSA) is 71.1 Å². The number of hydrogen-bond donors (Lipinski definition) is 1. The van der Waals surface area contributed by atoms with Crippen molar-refractivity contribution in [2.24, 2.45) is 0 Å². The first-order chi connectivity index (χ1) is 16.2. The molecule has 0 spiro atoms. The molecule has 0 radical (unpaired) electrons. The van der Waals surface area contributed by atoms with Crippen LogP contribution in [0.4, 0.5) is 0 Å². The van der Waals surface area contributed by atoms with Crippen LogP contribution in [0.1, 0.15) is 28.1 Å². The number of amides is 2. The quantitative estimate of drug-likeness (QED) is 0.688. The summed E-state index contributed by atoms with van der Waals surface area (Å²) in [4.78, 5) is 32.2. The number of rotatable bonds is 2. The lowest BCUT2D eigenvalue weighted by Crippen LogP contribution is -2.60. The predicted molar refractivity (Wildman–Crippen MR) is 126 cm³/mol. The van der Waals surface area contributed by atoms with E-state index in [-0.39, 0.29) is 24.0 Å². The Kier molecular flexibility index (Phi) is 6.75. The van der Waals surface area contributed by atoms with Crippen LogP contribution < -0.4 is 10.1 Å². The number of piperazine rings is 1. The molecule has 3 aliphatic heterocycles. The third kappa shape index (κ3) is 5.13. The maximum Gasteiger partial charge on any atom is 0.258 e. The van der Waals surface area contributed by atoms with Crippen LogP contribution in [0.15, 0.2) is 53.9 Å². The van der Waals surface area contributed by atoms with Crippen molar-refractivity contribution in [1.82, 2.24) is 15.1 Å². The van der Waals surface area contributed by atoms with E-state index < -0.39 is 6.04 Å². The fraction of sp³-hybridized carbons (Fsp3) is 0.440. The summed E-state index contributed by atoms with van der Waals surface area (Å²) in [6, 6.07) is 10.9. The largest absolute Gasteiger partial charge is 0.493 e. The smallest absolute Gasteiger partial charge is 0.258 e. The molecule has 8 heteroatoms. The highest BCUT2D eigenvalue weighted by atomic mass is 32.1.